The average Bonchev–Trinajstić information content (AvgIpc) is 2.26. The van der Waals surface area contributed by atoms with E-state index in [1.807, 2.05) is 0 Å². The molecule has 0 heterocycles. The summed E-state index contributed by atoms with van der Waals surface area (Å²) in [5, 5.41) is 3.50. The van der Waals surface area contributed by atoms with Crippen molar-refractivity contribution < 1.29 is 4.74 Å². The van der Waals surface area contributed by atoms with Crippen molar-refractivity contribution in [3.05, 3.63) is 0 Å². The molecular weight excluding hydrogens is 188 g/mol. The van der Waals surface area contributed by atoms with Gasteiger partial charge in [-0.2, -0.15) is 0 Å². The Kier molecular flexibility index (Phi) is 6.22. The van der Waals surface area contributed by atoms with E-state index in [4.69, 9.17) is 10.5 Å². The molecule has 1 aliphatic carbocycles. The summed E-state index contributed by atoms with van der Waals surface area (Å²) in [6.45, 7) is 4.80. The quantitative estimate of drug-likeness (QED) is 0.657. The molecule has 90 valence electrons. The Morgan fingerprint density at radius 1 is 1.33 bits per heavy atom. The van der Waals surface area contributed by atoms with Gasteiger partial charge >= 0.3 is 0 Å². The molecule has 0 bridgehead atoms. The molecule has 0 aliphatic heterocycles. The first kappa shape index (κ1) is 12.9. The van der Waals surface area contributed by atoms with Crippen LogP contribution in [0.15, 0.2) is 0 Å². The summed E-state index contributed by atoms with van der Waals surface area (Å²) in [4.78, 5) is 0. The highest BCUT2D eigenvalue weighted by Crippen LogP contribution is 2.30. The summed E-state index contributed by atoms with van der Waals surface area (Å²) in [6, 6.07) is 0.493. The molecule has 0 aromatic heterocycles. The van der Waals surface area contributed by atoms with Gasteiger partial charge < -0.3 is 15.8 Å². The molecule has 15 heavy (non-hydrogen) atoms. The molecule has 0 spiro atoms. The lowest BCUT2D eigenvalue weighted by Gasteiger charge is -2.32. The van der Waals surface area contributed by atoms with Crippen molar-refractivity contribution in [1.82, 2.24) is 5.32 Å². The Hall–Kier alpha value is -0.120. The molecule has 0 aromatic carbocycles. The molecule has 1 unspecified atom stereocenters. The van der Waals surface area contributed by atoms with E-state index in [9.17, 15) is 0 Å². The van der Waals surface area contributed by atoms with Crippen LogP contribution in [0.1, 0.15) is 32.6 Å². The standard InChI is InChI=1S/C12H26N2O/c1-10-3-5-11(6-4-10)12(9-13)14-7-8-15-2/h10-12,14H,3-9,13H2,1-2H3. The van der Waals surface area contributed by atoms with Gasteiger partial charge in [-0.25, -0.2) is 0 Å². The van der Waals surface area contributed by atoms with E-state index < -0.39 is 0 Å². The van der Waals surface area contributed by atoms with E-state index in [1.54, 1.807) is 7.11 Å². The zero-order valence-electron chi connectivity index (χ0n) is 10.2. The van der Waals surface area contributed by atoms with Crippen molar-refractivity contribution in [2.45, 2.75) is 38.6 Å². The summed E-state index contributed by atoms with van der Waals surface area (Å²) in [6.07, 6.45) is 5.41. The van der Waals surface area contributed by atoms with Crippen molar-refractivity contribution in [3.8, 4) is 0 Å². The topological polar surface area (TPSA) is 47.3 Å². The minimum absolute atomic E-state index is 0.493. The maximum Gasteiger partial charge on any atom is 0.0587 e. The highest BCUT2D eigenvalue weighted by molar-refractivity contribution is 4.81. The Labute approximate surface area is 93.8 Å². The van der Waals surface area contributed by atoms with Crippen molar-refractivity contribution in [3.63, 3.8) is 0 Å². The molecule has 3 heteroatoms. The van der Waals surface area contributed by atoms with Crippen LogP contribution < -0.4 is 11.1 Å². The third-order valence-electron chi connectivity index (χ3n) is 3.60. The maximum absolute atomic E-state index is 5.82. The Morgan fingerprint density at radius 2 is 2.00 bits per heavy atom. The van der Waals surface area contributed by atoms with Gasteiger partial charge in [0.15, 0.2) is 0 Å². The van der Waals surface area contributed by atoms with Crippen LogP contribution in [0.2, 0.25) is 0 Å². The molecule has 1 aliphatic rings. The lowest BCUT2D eigenvalue weighted by molar-refractivity contribution is 0.180. The van der Waals surface area contributed by atoms with Crippen LogP contribution in [-0.2, 0) is 4.74 Å². The fourth-order valence-electron chi connectivity index (χ4n) is 2.48. The Bertz CT molecular complexity index is 156. The predicted molar refractivity (Wildman–Crippen MR) is 63.8 cm³/mol. The van der Waals surface area contributed by atoms with Gasteiger partial charge in [0.05, 0.1) is 6.61 Å². The molecule has 0 saturated heterocycles. The second-order valence-electron chi connectivity index (χ2n) is 4.81. The zero-order valence-corrected chi connectivity index (χ0v) is 10.2. The first-order chi connectivity index (χ1) is 7.27. The minimum Gasteiger partial charge on any atom is -0.383 e. The number of nitrogens with two attached hydrogens (primary N) is 1. The van der Waals surface area contributed by atoms with Crippen molar-refractivity contribution >= 4 is 0 Å². The molecular formula is C12H26N2O. The molecule has 1 atom stereocenters. The van der Waals surface area contributed by atoms with E-state index in [-0.39, 0.29) is 0 Å². The molecule has 0 amide bonds. The number of rotatable bonds is 6. The Morgan fingerprint density at radius 3 is 2.53 bits per heavy atom. The number of methoxy groups -OCH3 is 1. The average molecular weight is 214 g/mol. The summed E-state index contributed by atoms with van der Waals surface area (Å²) >= 11 is 0. The summed E-state index contributed by atoms with van der Waals surface area (Å²) in [7, 11) is 1.74. The third kappa shape index (κ3) is 4.49. The van der Waals surface area contributed by atoms with Crippen LogP contribution in [0.5, 0.6) is 0 Å². The largest absolute Gasteiger partial charge is 0.383 e. The van der Waals surface area contributed by atoms with E-state index in [2.05, 4.69) is 12.2 Å². The molecule has 1 saturated carbocycles. The van der Waals surface area contributed by atoms with Crippen LogP contribution in [0.25, 0.3) is 0 Å². The number of hydrogen-bond donors (Lipinski definition) is 2. The van der Waals surface area contributed by atoms with E-state index in [0.717, 1.165) is 31.5 Å². The SMILES string of the molecule is COCCNC(CN)C1CCC(C)CC1. The van der Waals surface area contributed by atoms with Crippen LogP contribution in [-0.4, -0.2) is 32.8 Å². The second kappa shape index (κ2) is 7.20. The van der Waals surface area contributed by atoms with Gasteiger partial charge in [-0.05, 0) is 24.7 Å². The lowest BCUT2D eigenvalue weighted by atomic mass is 9.79. The predicted octanol–water partition coefficient (Wildman–Crippen LogP) is 1.38. The van der Waals surface area contributed by atoms with Crippen LogP contribution in [0.4, 0.5) is 0 Å². The van der Waals surface area contributed by atoms with Gasteiger partial charge in [-0.3, -0.25) is 0 Å². The number of hydrogen-bond acceptors (Lipinski definition) is 3. The molecule has 0 aromatic rings. The van der Waals surface area contributed by atoms with E-state index in [0.29, 0.717) is 6.04 Å². The lowest BCUT2D eigenvalue weighted by Crippen LogP contribution is -2.44. The van der Waals surface area contributed by atoms with Gasteiger partial charge in [-0.1, -0.05) is 19.8 Å². The fraction of sp³-hybridized carbons (Fsp3) is 1.00. The summed E-state index contributed by atoms with van der Waals surface area (Å²) in [5.74, 6) is 1.70. The van der Waals surface area contributed by atoms with Gasteiger partial charge in [0.25, 0.3) is 0 Å². The molecule has 1 rings (SSSR count). The first-order valence-electron chi connectivity index (χ1n) is 6.20. The Balaban J connectivity index is 2.24. The number of ether oxygens (including phenoxy) is 1. The monoisotopic (exact) mass is 214 g/mol. The molecule has 1 fully saturated rings. The summed E-state index contributed by atoms with van der Waals surface area (Å²) < 4.78 is 5.04. The van der Waals surface area contributed by atoms with Gasteiger partial charge in [-0.15, -0.1) is 0 Å². The van der Waals surface area contributed by atoms with Crippen molar-refractivity contribution in [1.29, 1.82) is 0 Å². The summed E-state index contributed by atoms with van der Waals surface area (Å²) in [5.41, 5.74) is 5.82. The van der Waals surface area contributed by atoms with Crippen LogP contribution >= 0.6 is 0 Å². The molecule has 3 N–H and O–H groups in total. The molecule has 3 nitrogen and oxygen atoms in total. The highest BCUT2D eigenvalue weighted by atomic mass is 16.5. The van der Waals surface area contributed by atoms with E-state index in [1.165, 1.54) is 25.7 Å². The third-order valence-corrected chi connectivity index (χ3v) is 3.60. The number of nitrogens with one attached hydrogen (secondary N) is 1. The van der Waals surface area contributed by atoms with Crippen LogP contribution in [0.3, 0.4) is 0 Å². The maximum atomic E-state index is 5.82. The van der Waals surface area contributed by atoms with Crippen LogP contribution in [0, 0.1) is 11.8 Å². The first-order valence-corrected chi connectivity index (χ1v) is 6.20. The van der Waals surface area contributed by atoms with E-state index >= 15 is 0 Å². The van der Waals surface area contributed by atoms with Crippen molar-refractivity contribution in [2.24, 2.45) is 17.6 Å². The molecule has 0 radical (unpaired) electrons. The second-order valence-corrected chi connectivity index (χ2v) is 4.81. The zero-order chi connectivity index (χ0) is 11.1. The highest BCUT2D eigenvalue weighted by Gasteiger charge is 2.24. The minimum atomic E-state index is 0.493. The van der Waals surface area contributed by atoms with Gasteiger partial charge in [0, 0.05) is 26.2 Å². The fourth-order valence-corrected chi connectivity index (χ4v) is 2.48. The van der Waals surface area contributed by atoms with Gasteiger partial charge in [0.1, 0.15) is 0 Å². The normalized spacial score (nSPS) is 29.0. The smallest absolute Gasteiger partial charge is 0.0587 e. The van der Waals surface area contributed by atoms with Crippen molar-refractivity contribution in [2.75, 3.05) is 26.8 Å². The van der Waals surface area contributed by atoms with Gasteiger partial charge in [0.2, 0.25) is 0 Å².